The van der Waals surface area contributed by atoms with E-state index in [1.807, 2.05) is 19.9 Å². The molecule has 0 bridgehead atoms. The van der Waals surface area contributed by atoms with Crippen LogP contribution in [0.2, 0.25) is 0 Å². The fourth-order valence-corrected chi connectivity index (χ4v) is 2.81. The number of benzene rings is 1. The number of anilines is 1. The van der Waals surface area contributed by atoms with Crippen LogP contribution in [0.3, 0.4) is 0 Å². The van der Waals surface area contributed by atoms with Crippen molar-refractivity contribution in [3.8, 4) is 17.2 Å². The zero-order chi connectivity index (χ0) is 18.0. The van der Waals surface area contributed by atoms with Crippen molar-refractivity contribution >= 4 is 16.7 Å². The van der Waals surface area contributed by atoms with E-state index in [9.17, 15) is 0 Å². The molecule has 0 aliphatic rings. The standard InChI is InChI=1S/C17H21N5O3/c1-9-12(10(2)22-21-9)7-18-17-11-6-13(23-3)15(24-4)16(25-5)14(11)19-8-20-17/h6,8H,7H2,1-5H3,(H,21,22)(H,18,19,20). The maximum Gasteiger partial charge on any atom is 0.205 e. The smallest absolute Gasteiger partial charge is 0.205 e. The van der Waals surface area contributed by atoms with Gasteiger partial charge in [-0.15, -0.1) is 0 Å². The van der Waals surface area contributed by atoms with Gasteiger partial charge in [0.15, 0.2) is 11.5 Å². The molecule has 0 spiro atoms. The molecule has 2 aromatic heterocycles. The van der Waals surface area contributed by atoms with Crippen LogP contribution < -0.4 is 19.5 Å². The van der Waals surface area contributed by atoms with Gasteiger partial charge in [-0.05, 0) is 19.9 Å². The average molecular weight is 343 g/mol. The van der Waals surface area contributed by atoms with Gasteiger partial charge in [-0.25, -0.2) is 9.97 Å². The van der Waals surface area contributed by atoms with E-state index < -0.39 is 0 Å². The van der Waals surface area contributed by atoms with Crippen LogP contribution in [-0.2, 0) is 6.54 Å². The van der Waals surface area contributed by atoms with Gasteiger partial charge in [0.25, 0.3) is 0 Å². The zero-order valence-corrected chi connectivity index (χ0v) is 14.9. The fourth-order valence-electron chi connectivity index (χ4n) is 2.81. The predicted octanol–water partition coefficient (Wildman–Crippen LogP) is 2.61. The average Bonchev–Trinajstić information content (AvgIpc) is 2.95. The van der Waals surface area contributed by atoms with Crippen LogP contribution in [0, 0.1) is 13.8 Å². The summed E-state index contributed by atoms with van der Waals surface area (Å²) in [6.45, 7) is 4.55. The number of aryl methyl sites for hydroxylation is 2. The van der Waals surface area contributed by atoms with Crippen LogP contribution in [0.1, 0.15) is 17.0 Å². The lowest BCUT2D eigenvalue weighted by Gasteiger charge is -2.16. The van der Waals surface area contributed by atoms with Gasteiger partial charge < -0.3 is 19.5 Å². The summed E-state index contributed by atoms with van der Waals surface area (Å²) < 4.78 is 16.3. The largest absolute Gasteiger partial charge is 0.493 e. The molecule has 0 fully saturated rings. The van der Waals surface area contributed by atoms with Gasteiger partial charge in [0.2, 0.25) is 5.75 Å². The van der Waals surface area contributed by atoms with Crippen LogP contribution in [-0.4, -0.2) is 41.5 Å². The molecular weight excluding hydrogens is 322 g/mol. The van der Waals surface area contributed by atoms with Crippen molar-refractivity contribution in [3.63, 3.8) is 0 Å². The first-order valence-electron chi connectivity index (χ1n) is 7.78. The molecule has 2 heterocycles. The number of rotatable bonds is 6. The highest BCUT2D eigenvalue weighted by molar-refractivity contribution is 5.96. The minimum absolute atomic E-state index is 0.503. The van der Waals surface area contributed by atoms with Crippen molar-refractivity contribution in [2.24, 2.45) is 0 Å². The molecule has 0 aliphatic carbocycles. The van der Waals surface area contributed by atoms with E-state index in [0.717, 1.165) is 22.3 Å². The molecule has 3 rings (SSSR count). The molecule has 0 saturated heterocycles. The van der Waals surface area contributed by atoms with E-state index in [1.165, 1.54) is 6.33 Å². The summed E-state index contributed by atoms with van der Waals surface area (Å²) in [6.07, 6.45) is 1.49. The number of aromatic amines is 1. The second kappa shape index (κ2) is 6.84. The third-order valence-corrected chi connectivity index (χ3v) is 4.15. The molecule has 0 amide bonds. The number of nitrogens with zero attached hydrogens (tertiary/aromatic N) is 3. The van der Waals surface area contributed by atoms with Gasteiger partial charge in [0.1, 0.15) is 17.7 Å². The van der Waals surface area contributed by atoms with Crippen LogP contribution in [0.5, 0.6) is 17.2 Å². The first kappa shape index (κ1) is 16.8. The molecule has 25 heavy (non-hydrogen) atoms. The van der Waals surface area contributed by atoms with Crippen molar-refractivity contribution in [3.05, 3.63) is 29.3 Å². The molecular formula is C17H21N5O3. The monoisotopic (exact) mass is 343 g/mol. The van der Waals surface area contributed by atoms with Crippen LogP contribution in [0.15, 0.2) is 12.4 Å². The first-order valence-corrected chi connectivity index (χ1v) is 7.78. The summed E-state index contributed by atoms with van der Waals surface area (Å²) in [5.74, 6) is 2.26. The van der Waals surface area contributed by atoms with E-state index in [4.69, 9.17) is 14.2 Å². The Morgan fingerprint density at radius 2 is 1.80 bits per heavy atom. The van der Waals surface area contributed by atoms with Gasteiger partial charge >= 0.3 is 0 Å². The molecule has 2 N–H and O–H groups in total. The lowest BCUT2D eigenvalue weighted by molar-refractivity contribution is 0.327. The fraction of sp³-hybridized carbons (Fsp3) is 0.353. The maximum atomic E-state index is 5.50. The zero-order valence-electron chi connectivity index (χ0n) is 14.9. The van der Waals surface area contributed by atoms with Crippen molar-refractivity contribution < 1.29 is 14.2 Å². The molecule has 8 nitrogen and oxygen atoms in total. The Hall–Kier alpha value is -3.03. The lowest BCUT2D eigenvalue weighted by atomic mass is 10.1. The Bertz CT molecular complexity index is 887. The number of fused-ring (bicyclic) bond motifs is 1. The summed E-state index contributed by atoms with van der Waals surface area (Å²) in [5, 5.41) is 11.3. The second-order valence-corrected chi connectivity index (χ2v) is 5.53. The molecule has 8 heteroatoms. The summed E-state index contributed by atoms with van der Waals surface area (Å²) in [4.78, 5) is 8.71. The third-order valence-electron chi connectivity index (χ3n) is 4.15. The third kappa shape index (κ3) is 2.90. The highest BCUT2D eigenvalue weighted by atomic mass is 16.5. The molecule has 0 radical (unpaired) electrons. The molecule has 0 aliphatic heterocycles. The van der Waals surface area contributed by atoms with Gasteiger partial charge in [-0.1, -0.05) is 0 Å². The SMILES string of the molecule is COc1cc2c(NCc3c(C)n[nH]c3C)ncnc2c(OC)c1OC. The van der Waals surface area contributed by atoms with Crippen molar-refractivity contribution in [2.75, 3.05) is 26.6 Å². The van der Waals surface area contributed by atoms with Gasteiger partial charge in [-0.3, -0.25) is 5.10 Å². The van der Waals surface area contributed by atoms with Crippen molar-refractivity contribution in [2.45, 2.75) is 20.4 Å². The quantitative estimate of drug-likeness (QED) is 0.710. The number of methoxy groups -OCH3 is 3. The Labute approximate surface area is 145 Å². The van der Waals surface area contributed by atoms with E-state index >= 15 is 0 Å². The molecule has 0 atom stereocenters. The normalized spacial score (nSPS) is 10.8. The summed E-state index contributed by atoms with van der Waals surface area (Å²) >= 11 is 0. The van der Waals surface area contributed by atoms with Crippen LogP contribution in [0.25, 0.3) is 10.9 Å². The number of ether oxygens (including phenoxy) is 3. The van der Waals surface area contributed by atoms with E-state index in [0.29, 0.717) is 35.1 Å². The Balaban J connectivity index is 2.07. The topological polar surface area (TPSA) is 94.2 Å². The Kier molecular flexibility index (Phi) is 4.60. The van der Waals surface area contributed by atoms with Crippen molar-refractivity contribution in [1.29, 1.82) is 0 Å². The Morgan fingerprint density at radius 3 is 2.40 bits per heavy atom. The number of hydrogen-bond acceptors (Lipinski definition) is 7. The molecule has 0 saturated carbocycles. The minimum Gasteiger partial charge on any atom is -0.493 e. The lowest BCUT2D eigenvalue weighted by Crippen LogP contribution is -2.05. The highest BCUT2D eigenvalue weighted by Gasteiger charge is 2.19. The summed E-state index contributed by atoms with van der Waals surface area (Å²) in [6, 6.07) is 1.84. The van der Waals surface area contributed by atoms with E-state index in [2.05, 4.69) is 25.5 Å². The number of hydrogen-bond donors (Lipinski definition) is 2. The molecule has 1 aromatic carbocycles. The molecule has 132 valence electrons. The first-order chi connectivity index (χ1) is 12.1. The number of aromatic nitrogens is 4. The maximum absolute atomic E-state index is 5.50. The van der Waals surface area contributed by atoms with E-state index in [1.54, 1.807) is 21.3 Å². The van der Waals surface area contributed by atoms with Crippen LogP contribution >= 0.6 is 0 Å². The van der Waals surface area contributed by atoms with Gasteiger partial charge in [-0.2, -0.15) is 5.10 Å². The Morgan fingerprint density at radius 1 is 1.04 bits per heavy atom. The van der Waals surface area contributed by atoms with Gasteiger partial charge in [0.05, 0.1) is 32.4 Å². The molecule has 3 aromatic rings. The predicted molar refractivity (Wildman–Crippen MR) is 94.6 cm³/mol. The second-order valence-electron chi connectivity index (χ2n) is 5.53. The summed E-state index contributed by atoms with van der Waals surface area (Å²) in [5.41, 5.74) is 3.75. The van der Waals surface area contributed by atoms with Crippen LogP contribution in [0.4, 0.5) is 5.82 Å². The number of H-pyrrole nitrogens is 1. The van der Waals surface area contributed by atoms with E-state index in [-0.39, 0.29) is 0 Å². The van der Waals surface area contributed by atoms with Gasteiger partial charge in [0, 0.05) is 17.8 Å². The highest BCUT2D eigenvalue weighted by Crippen LogP contribution is 2.43. The number of nitrogens with one attached hydrogen (secondary N) is 2. The van der Waals surface area contributed by atoms with Crippen molar-refractivity contribution in [1.82, 2.24) is 20.2 Å². The summed E-state index contributed by atoms with van der Waals surface area (Å²) in [7, 11) is 4.72. The minimum atomic E-state index is 0.503. The molecule has 0 unspecified atom stereocenters.